The van der Waals surface area contributed by atoms with Crippen molar-refractivity contribution in [3.05, 3.63) is 53.1 Å². The molecule has 3 nitrogen and oxygen atoms in total. The van der Waals surface area contributed by atoms with E-state index in [9.17, 15) is 0 Å². The summed E-state index contributed by atoms with van der Waals surface area (Å²) in [5.41, 5.74) is 9.93. The molecule has 0 spiro atoms. The van der Waals surface area contributed by atoms with Crippen LogP contribution in [0.4, 0.5) is 0 Å². The third kappa shape index (κ3) is 3.10. The second kappa shape index (κ2) is 5.80. The Balaban J connectivity index is 2.25. The van der Waals surface area contributed by atoms with E-state index in [1.54, 1.807) is 0 Å². The van der Waals surface area contributed by atoms with E-state index in [1.807, 2.05) is 12.4 Å². The van der Waals surface area contributed by atoms with E-state index < -0.39 is 5.54 Å². The van der Waals surface area contributed by atoms with E-state index >= 15 is 0 Å². The van der Waals surface area contributed by atoms with Gasteiger partial charge < -0.3 is 10.3 Å². The third-order valence-corrected chi connectivity index (χ3v) is 3.96. The summed E-state index contributed by atoms with van der Waals surface area (Å²) in [6, 6.07) is 6.48. The molecule has 0 bridgehead atoms. The Hall–Kier alpha value is -1.61. The summed E-state index contributed by atoms with van der Waals surface area (Å²) < 4.78 is 2.20. The maximum absolute atomic E-state index is 6.56. The zero-order valence-electron chi connectivity index (χ0n) is 13.0. The number of aromatic nitrogens is 2. The van der Waals surface area contributed by atoms with E-state index in [2.05, 4.69) is 55.4 Å². The van der Waals surface area contributed by atoms with Gasteiger partial charge in [-0.1, -0.05) is 25.1 Å². The van der Waals surface area contributed by atoms with Crippen LogP contribution >= 0.6 is 0 Å². The van der Waals surface area contributed by atoms with E-state index in [0.717, 1.165) is 25.2 Å². The fourth-order valence-corrected chi connectivity index (χ4v) is 2.48. The molecule has 0 aliphatic carbocycles. The molecule has 2 aromatic rings. The lowest BCUT2D eigenvalue weighted by atomic mass is 9.87. The van der Waals surface area contributed by atoms with Gasteiger partial charge in [-0.15, -0.1) is 0 Å². The molecule has 1 atom stereocenters. The minimum absolute atomic E-state index is 0.394. The van der Waals surface area contributed by atoms with Crippen LogP contribution in [0.15, 0.2) is 30.6 Å². The van der Waals surface area contributed by atoms with Crippen LogP contribution in [0.2, 0.25) is 0 Å². The minimum Gasteiger partial charge on any atom is -0.335 e. The highest BCUT2D eigenvalue weighted by molar-refractivity contribution is 5.34. The molecular formula is C17H25N3. The van der Waals surface area contributed by atoms with Crippen molar-refractivity contribution < 1.29 is 0 Å². The van der Waals surface area contributed by atoms with Crippen LogP contribution in [0.25, 0.3) is 0 Å². The van der Waals surface area contributed by atoms with Gasteiger partial charge in [0.05, 0.1) is 0 Å². The van der Waals surface area contributed by atoms with E-state index in [4.69, 9.17) is 5.73 Å². The average molecular weight is 271 g/mol. The van der Waals surface area contributed by atoms with Crippen LogP contribution < -0.4 is 5.73 Å². The van der Waals surface area contributed by atoms with Crippen molar-refractivity contribution >= 4 is 0 Å². The first-order valence-electron chi connectivity index (χ1n) is 7.30. The Morgan fingerprint density at radius 2 is 2.00 bits per heavy atom. The Morgan fingerprint density at radius 3 is 2.65 bits per heavy atom. The fraction of sp³-hybridized carbons (Fsp3) is 0.471. The molecule has 108 valence electrons. The molecule has 0 saturated carbocycles. The van der Waals surface area contributed by atoms with Crippen molar-refractivity contribution in [3.63, 3.8) is 0 Å². The first-order valence-corrected chi connectivity index (χ1v) is 7.30. The molecule has 3 heteroatoms. The van der Waals surface area contributed by atoms with Crippen LogP contribution in [0.5, 0.6) is 0 Å². The predicted octanol–water partition coefficient (Wildman–Crippen LogP) is 3.33. The number of nitrogens with two attached hydrogens (primary N) is 1. The zero-order chi connectivity index (χ0) is 14.8. The summed E-state index contributed by atoms with van der Waals surface area (Å²) >= 11 is 0. The summed E-state index contributed by atoms with van der Waals surface area (Å²) in [4.78, 5) is 4.47. The summed E-state index contributed by atoms with van der Waals surface area (Å²) in [5, 5.41) is 0. The summed E-state index contributed by atoms with van der Waals surface area (Å²) in [6.45, 7) is 9.52. The Bertz CT molecular complexity index is 582. The summed E-state index contributed by atoms with van der Waals surface area (Å²) in [5.74, 6) is 1.06. The zero-order valence-corrected chi connectivity index (χ0v) is 13.0. The van der Waals surface area contributed by atoms with E-state index in [1.165, 1.54) is 16.7 Å². The summed E-state index contributed by atoms with van der Waals surface area (Å²) in [6.07, 6.45) is 5.76. The van der Waals surface area contributed by atoms with Crippen LogP contribution in [0, 0.1) is 13.8 Å². The molecule has 2 N–H and O–H groups in total. The first kappa shape index (κ1) is 14.8. The highest BCUT2D eigenvalue weighted by Gasteiger charge is 2.24. The van der Waals surface area contributed by atoms with Gasteiger partial charge in [0.15, 0.2) is 0 Å². The maximum Gasteiger partial charge on any atom is 0.110 e. The number of hydrogen-bond donors (Lipinski definition) is 1. The fourth-order valence-electron chi connectivity index (χ4n) is 2.48. The molecule has 0 amide bonds. The van der Waals surface area contributed by atoms with Crippen molar-refractivity contribution in [2.24, 2.45) is 5.73 Å². The second-order valence-corrected chi connectivity index (χ2v) is 5.93. The lowest BCUT2D eigenvalue weighted by molar-refractivity contribution is 0.461. The minimum atomic E-state index is -0.394. The van der Waals surface area contributed by atoms with Gasteiger partial charge >= 0.3 is 0 Å². The van der Waals surface area contributed by atoms with Crippen molar-refractivity contribution in [1.29, 1.82) is 0 Å². The van der Waals surface area contributed by atoms with Gasteiger partial charge in [0.1, 0.15) is 5.82 Å². The Kier molecular flexibility index (Phi) is 4.29. The predicted molar refractivity (Wildman–Crippen MR) is 83.7 cm³/mol. The molecule has 2 rings (SSSR count). The van der Waals surface area contributed by atoms with Crippen molar-refractivity contribution in [3.8, 4) is 0 Å². The average Bonchev–Trinajstić information content (AvgIpc) is 2.80. The van der Waals surface area contributed by atoms with E-state index in [0.29, 0.717) is 0 Å². The van der Waals surface area contributed by atoms with Crippen LogP contribution in [0.1, 0.15) is 42.8 Å². The van der Waals surface area contributed by atoms with Gasteiger partial charge in [0, 0.05) is 30.9 Å². The highest BCUT2D eigenvalue weighted by Crippen LogP contribution is 2.24. The van der Waals surface area contributed by atoms with Crippen molar-refractivity contribution in [1.82, 2.24) is 9.55 Å². The Labute approximate surface area is 121 Å². The quantitative estimate of drug-likeness (QED) is 0.906. The number of nitrogens with zero attached hydrogens (tertiary/aromatic N) is 2. The molecule has 0 saturated heterocycles. The molecule has 0 fully saturated rings. The lowest BCUT2D eigenvalue weighted by Crippen LogP contribution is -2.36. The van der Waals surface area contributed by atoms with Gasteiger partial charge in [-0.3, -0.25) is 0 Å². The van der Waals surface area contributed by atoms with Gasteiger partial charge in [-0.05, 0) is 43.9 Å². The molecule has 1 heterocycles. The number of rotatable bonds is 5. The standard InChI is InChI=1S/C17H25N3/c1-5-9-20-10-8-19-16(20)12-17(4,18)15-7-6-13(2)14(3)11-15/h6-8,10-11H,5,9,12,18H2,1-4H3. The molecule has 0 aliphatic rings. The summed E-state index contributed by atoms with van der Waals surface area (Å²) in [7, 11) is 0. The SMILES string of the molecule is CCCn1ccnc1CC(C)(N)c1ccc(C)c(C)c1. The van der Waals surface area contributed by atoms with E-state index in [-0.39, 0.29) is 0 Å². The first-order chi connectivity index (χ1) is 9.44. The third-order valence-electron chi connectivity index (χ3n) is 3.96. The highest BCUT2D eigenvalue weighted by atomic mass is 15.1. The Morgan fingerprint density at radius 1 is 1.25 bits per heavy atom. The maximum atomic E-state index is 6.56. The largest absolute Gasteiger partial charge is 0.335 e. The number of aryl methyl sites for hydroxylation is 3. The molecule has 20 heavy (non-hydrogen) atoms. The number of hydrogen-bond acceptors (Lipinski definition) is 2. The number of imidazole rings is 1. The van der Waals surface area contributed by atoms with Crippen molar-refractivity contribution in [2.75, 3.05) is 0 Å². The molecule has 0 aliphatic heterocycles. The monoisotopic (exact) mass is 271 g/mol. The van der Waals surface area contributed by atoms with Gasteiger partial charge in [-0.2, -0.15) is 0 Å². The normalized spacial score (nSPS) is 14.2. The lowest BCUT2D eigenvalue weighted by Gasteiger charge is -2.26. The molecule has 1 aromatic carbocycles. The van der Waals surface area contributed by atoms with Crippen LogP contribution in [-0.2, 0) is 18.5 Å². The molecule has 1 unspecified atom stereocenters. The van der Waals surface area contributed by atoms with Gasteiger partial charge in [0.2, 0.25) is 0 Å². The van der Waals surface area contributed by atoms with Crippen LogP contribution in [0.3, 0.4) is 0 Å². The van der Waals surface area contributed by atoms with Gasteiger partial charge in [-0.25, -0.2) is 4.98 Å². The van der Waals surface area contributed by atoms with Gasteiger partial charge in [0.25, 0.3) is 0 Å². The topological polar surface area (TPSA) is 43.8 Å². The van der Waals surface area contributed by atoms with Crippen molar-refractivity contribution in [2.45, 2.75) is 52.6 Å². The molecule has 1 aromatic heterocycles. The number of benzene rings is 1. The second-order valence-electron chi connectivity index (χ2n) is 5.93. The molecular weight excluding hydrogens is 246 g/mol. The van der Waals surface area contributed by atoms with Crippen LogP contribution in [-0.4, -0.2) is 9.55 Å². The smallest absolute Gasteiger partial charge is 0.110 e. The molecule has 0 radical (unpaired) electrons.